The molecule has 1 nitrogen and oxygen atoms in total. The van der Waals surface area contributed by atoms with E-state index in [1.165, 1.54) is 38.9 Å². The summed E-state index contributed by atoms with van der Waals surface area (Å²) in [6.07, 6.45) is 4.93. The molecule has 0 N–H and O–H groups in total. The largest absolute Gasteiger partial charge is 0.302 e. The van der Waals surface area contributed by atoms with Crippen LogP contribution in [0.2, 0.25) is 0 Å². The molecule has 1 heteroatoms. The van der Waals surface area contributed by atoms with Gasteiger partial charge in [-0.2, -0.15) is 0 Å². The van der Waals surface area contributed by atoms with E-state index in [1.807, 2.05) is 0 Å². The van der Waals surface area contributed by atoms with Crippen LogP contribution in [-0.2, 0) is 0 Å². The second-order valence-corrected chi connectivity index (χ2v) is 3.81. The van der Waals surface area contributed by atoms with E-state index < -0.39 is 0 Å². The molecule has 0 saturated carbocycles. The quantitative estimate of drug-likeness (QED) is 0.589. The predicted molar refractivity (Wildman–Crippen MR) is 57.5 cm³/mol. The van der Waals surface area contributed by atoms with Crippen molar-refractivity contribution in [3.8, 4) is 11.8 Å². The minimum atomic E-state index is 0.653. The number of hydrogen-bond acceptors (Lipinski definition) is 1. The summed E-state index contributed by atoms with van der Waals surface area (Å²) in [4.78, 5) is 2.55. The zero-order chi connectivity index (χ0) is 9.52. The SMILES string of the molecule is CCC#CC1CCCN(CCC)C1. The number of nitrogens with zero attached hydrogens (tertiary/aromatic N) is 1. The van der Waals surface area contributed by atoms with E-state index in [4.69, 9.17) is 0 Å². The highest BCUT2D eigenvalue weighted by Gasteiger charge is 2.16. The maximum Gasteiger partial charge on any atom is 0.0330 e. The average molecular weight is 179 g/mol. The zero-order valence-corrected chi connectivity index (χ0v) is 8.97. The molecule has 13 heavy (non-hydrogen) atoms. The van der Waals surface area contributed by atoms with Crippen LogP contribution in [0.25, 0.3) is 0 Å². The van der Waals surface area contributed by atoms with Crippen LogP contribution in [0.3, 0.4) is 0 Å². The Morgan fingerprint density at radius 1 is 1.38 bits per heavy atom. The van der Waals surface area contributed by atoms with Crippen LogP contribution in [0.5, 0.6) is 0 Å². The van der Waals surface area contributed by atoms with Crippen molar-refractivity contribution in [3.05, 3.63) is 0 Å². The first kappa shape index (κ1) is 10.6. The maximum atomic E-state index is 3.37. The van der Waals surface area contributed by atoms with Gasteiger partial charge in [-0.1, -0.05) is 19.8 Å². The molecule has 74 valence electrons. The molecule has 1 saturated heterocycles. The van der Waals surface area contributed by atoms with Crippen LogP contribution in [0.4, 0.5) is 0 Å². The zero-order valence-electron chi connectivity index (χ0n) is 8.97. The number of hydrogen-bond donors (Lipinski definition) is 0. The minimum absolute atomic E-state index is 0.653. The second-order valence-electron chi connectivity index (χ2n) is 3.81. The van der Waals surface area contributed by atoms with Gasteiger partial charge in [0.15, 0.2) is 0 Å². The number of piperidine rings is 1. The molecule has 0 aromatic carbocycles. The third-order valence-corrected chi connectivity index (χ3v) is 2.53. The molecule has 1 aliphatic rings. The molecule has 1 aliphatic heterocycles. The van der Waals surface area contributed by atoms with Gasteiger partial charge in [0, 0.05) is 18.9 Å². The molecule has 0 aliphatic carbocycles. The molecule has 1 unspecified atom stereocenters. The molecule has 0 spiro atoms. The lowest BCUT2D eigenvalue weighted by atomic mass is 9.98. The van der Waals surface area contributed by atoms with E-state index in [0.717, 1.165) is 6.42 Å². The summed E-state index contributed by atoms with van der Waals surface area (Å²) in [5.41, 5.74) is 0. The van der Waals surface area contributed by atoms with E-state index in [9.17, 15) is 0 Å². The van der Waals surface area contributed by atoms with Crippen molar-refractivity contribution in [2.45, 2.75) is 39.5 Å². The fourth-order valence-corrected chi connectivity index (χ4v) is 1.94. The highest BCUT2D eigenvalue weighted by Crippen LogP contribution is 2.15. The van der Waals surface area contributed by atoms with Crippen LogP contribution in [0.1, 0.15) is 39.5 Å². The van der Waals surface area contributed by atoms with E-state index in [1.54, 1.807) is 0 Å². The molecule has 0 aromatic rings. The van der Waals surface area contributed by atoms with Crippen LogP contribution in [0, 0.1) is 17.8 Å². The van der Waals surface area contributed by atoms with E-state index in [2.05, 4.69) is 30.6 Å². The number of rotatable bonds is 2. The Balaban J connectivity index is 2.32. The third-order valence-electron chi connectivity index (χ3n) is 2.53. The molecule has 0 amide bonds. The van der Waals surface area contributed by atoms with Crippen LogP contribution in [0.15, 0.2) is 0 Å². The van der Waals surface area contributed by atoms with E-state index in [0.29, 0.717) is 5.92 Å². The Morgan fingerprint density at radius 3 is 2.92 bits per heavy atom. The molecule has 1 heterocycles. The first-order valence-electron chi connectivity index (χ1n) is 5.57. The smallest absolute Gasteiger partial charge is 0.0330 e. The summed E-state index contributed by atoms with van der Waals surface area (Å²) >= 11 is 0. The highest BCUT2D eigenvalue weighted by atomic mass is 15.1. The van der Waals surface area contributed by atoms with Gasteiger partial charge in [-0.3, -0.25) is 0 Å². The second kappa shape index (κ2) is 6.05. The van der Waals surface area contributed by atoms with Crippen molar-refractivity contribution < 1.29 is 0 Å². The first-order valence-corrected chi connectivity index (χ1v) is 5.57. The molecule has 1 rings (SSSR count). The summed E-state index contributed by atoms with van der Waals surface area (Å²) in [6.45, 7) is 8.13. The lowest BCUT2D eigenvalue weighted by molar-refractivity contribution is 0.201. The summed E-state index contributed by atoms with van der Waals surface area (Å²) in [7, 11) is 0. The van der Waals surface area contributed by atoms with Crippen molar-refractivity contribution in [1.29, 1.82) is 0 Å². The first-order chi connectivity index (χ1) is 6.36. The molecule has 0 radical (unpaired) electrons. The lowest BCUT2D eigenvalue weighted by Crippen LogP contribution is -2.35. The Hall–Kier alpha value is -0.480. The van der Waals surface area contributed by atoms with Gasteiger partial charge < -0.3 is 4.90 Å². The molecule has 0 aromatic heterocycles. The minimum Gasteiger partial charge on any atom is -0.302 e. The van der Waals surface area contributed by atoms with Gasteiger partial charge in [0.1, 0.15) is 0 Å². The lowest BCUT2D eigenvalue weighted by Gasteiger charge is -2.29. The predicted octanol–water partition coefficient (Wildman–Crippen LogP) is 2.52. The van der Waals surface area contributed by atoms with Gasteiger partial charge in [-0.25, -0.2) is 0 Å². The van der Waals surface area contributed by atoms with Crippen LogP contribution >= 0.6 is 0 Å². The van der Waals surface area contributed by atoms with Gasteiger partial charge in [-0.15, -0.1) is 5.92 Å². The van der Waals surface area contributed by atoms with Crippen molar-refractivity contribution >= 4 is 0 Å². The van der Waals surface area contributed by atoms with Gasteiger partial charge in [0.25, 0.3) is 0 Å². The van der Waals surface area contributed by atoms with E-state index >= 15 is 0 Å². The van der Waals surface area contributed by atoms with Crippen LogP contribution in [-0.4, -0.2) is 24.5 Å². The number of likely N-dealkylation sites (tertiary alicyclic amines) is 1. The Labute approximate surface area is 82.5 Å². The maximum absolute atomic E-state index is 3.37. The molecule has 1 atom stereocenters. The van der Waals surface area contributed by atoms with Crippen molar-refractivity contribution in [3.63, 3.8) is 0 Å². The fraction of sp³-hybridized carbons (Fsp3) is 0.833. The topological polar surface area (TPSA) is 3.24 Å². The van der Waals surface area contributed by atoms with Gasteiger partial charge in [0.05, 0.1) is 0 Å². The fourth-order valence-electron chi connectivity index (χ4n) is 1.94. The summed E-state index contributed by atoms with van der Waals surface area (Å²) in [5.74, 6) is 7.22. The van der Waals surface area contributed by atoms with Gasteiger partial charge in [-0.05, 0) is 32.4 Å². The standard InChI is InChI=1S/C12H21N/c1-3-5-7-12-8-6-10-13(11-12)9-4-2/h12H,3-4,6,8-11H2,1-2H3. The normalized spacial score (nSPS) is 23.7. The molecular weight excluding hydrogens is 158 g/mol. The Morgan fingerprint density at radius 2 is 2.23 bits per heavy atom. The van der Waals surface area contributed by atoms with Crippen LogP contribution < -0.4 is 0 Å². The summed E-state index contributed by atoms with van der Waals surface area (Å²) in [6, 6.07) is 0. The molecule has 1 fully saturated rings. The molecular formula is C12H21N. The summed E-state index contributed by atoms with van der Waals surface area (Å²) < 4.78 is 0. The monoisotopic (exact) mass is 179 g/mol. The van der Waals surface area contributed by atoms with Crippen molar-refractivity contribution in [2.75, 3.05) is 19.6 Å². The third kappa shape index (κ3) is 3.83. The van der Waals surface area contributed by atoms with Crippen molar-refractivity contribution in [1.82, 2.24) is 4.90 Å². The van der Waals surface area contributed by atoms with E-state index in [-0.39, 0.29) is 0 Å². The van der Waals surface area contributed by atoms with Gasteiger partial charge >= 0.3 is 0 Å². The Kier molecular flexibility index (Phi) is 4.93. The average Bonchev–Trinajstić information content (AvgIpc) is 2.16. The highest BCUT2D eigenvalue weighted by molar-refractivity contribution is 5.04. The van der Waals surface area contributed by atoms with Gasteiger partial charge in [0.2, 0.25) is 0 Å². The van der Waals surface area contributed by atoms with Crippen molar-refractivity contribution in [2.24, 2.45) is 5.92 Å². The summed E-state index contributed by atoms with van der Waals surface area (Å²) in [5, 5.41) is 0. The molecule has 0 bridgehead atoms. The Bertz CT molecular complexity index is 185.